The van der Waals surface area contributed by atoms with Gasteiger partial charge in [-0.15, -0.1) is 0 Å². The quantitative estimate of drug-likeness (QED) is 0.552. The Morgan fingerprint density at radius 1 is 1.00 bits per heavy atom. The third-order valence-corrected chi connectivity index (χ3v) is 8.24. The van der Waals surface area contributed by atoms with Crippen LogP contribution in [-0.4, -0.2) is 21.4 Å². The average molecular weight is 429 g/mol. The number of urea groups is 1. The smallest absolute Gasteiger partial charge is 0.319 e. The molecular formula is C27H32N4O. The van der Waals surface area contributed by atoms with Gasteiger partial charge in [-0.1, -0.05) is 42.5 Å². The Labute approximate surface area is 189 Å². The lowest BCUT2D eigenvalue weighted by atomic mass is 9.53. The van der Waals surface area contributed by atoms with Crippen molar-refractivity contribution in [2.45, 2.75) is 64.5 Å². The number of hydrogen-bond donors (Lipinski definition) is 2. The van der Waals surface area contributed by atoms with E-state index in [1.165, 1.54) is 35.6 Å². The molecular weight excluding hydrogens is 396 g/mol. The minimum absolute atomic E-state index is 0.0135. The summed E-state index contributed by atoms with van der Waals surface area (Å²) in [6, 6.07) is 14.8. The second kappa shape index (κ2) is 7.36. The van der Waals surface area contributed by atoms with Gasteiger partial charge in [0.1, 0.15) is 0 Å². The van der Waals surface area contributed by atoms with Crippen LogP contribution < -0.4 is 10.6 Å². The van der Waals surface area contributed by atoms with Gasteiger partial charge in [0, 0.05) is 5.54 Å². The first kappa shape index (κ1) is 19.8. The van der Waals surface area contributed by atoms with Crippen LogP contribution in [0.15, 0.2) is 42.5 Å². The van der Waals surface area contributed by atoms with E-state index in [9.17, 15) is 4.79 Å². The van der Waals surface area contributed by atoms with Crippen molar-refractivity contribution >= 4 is 22.5 Å². The van der Waals surface area contributed by atoms with Gasteiger partial charge in [-0.2, -0.15) is 5.10 Å². The number of carbonyl (C=O) groups is 1. The maximum absolute atomic E-state index is 13.1. The first-order valence-electron chi connectivity index (χ1n) is 12.1. The van der Waals surface area contributed by atoms with Gasteiger partial charge in [-0.3, -0.25) is 4.68 Å². The lowest BCUT2D eigenvalue weighted by Crippen LogP contribution is -2.60. The molecule has 0 radical (unpaired) electrons. The normalized spacial score (nSPS) is 28.2. The maximum atomic E-state index is 13.1. The van der Waals surface area contributed by atoms with Crippen LogP contribution in [-0.2, 0) is 6.54 Å². The minimum atomic E-state index is -0.0668. The summed E-state index contributed by atoms with van der Waals surface area (Å²) in [7, 11) is 0. The van der Waals surface area contributed by atoms with Crippen molar-refractivity contribution in [2.24, 2.45) is 17.8 Å². The zero-order chi connectivity index (χ0) is 21.9. The summed E-state index contributed by atoms with van der Waals surface area (Å²) in [5.74, 6) is 2.44. The van der Waals surface area contributed by atoms with Crippen molar-refractivity contribution in [3.63, 3.8) is 0 Å². The van der Waals surface area contributed by atoms with Gasteiger partial charge in [-0.25, -0.2) is 4.79 Å². The molecule has 3 aromatic rings. The molecule has 7 rings (SSSR count). The number of hydrogen-bond acceptors (Lipinski definition) is 2. The summed E-state index contributed by atoms with van der Waals surface area (Å²) in [5, 5.41) is 13.8. The largest absolute Gasteiger partial charge is 0.332 e. The van der Waals surface area contributed by atoms with E-state index in [2.05, 4.69) is 53.1 Å². The van der Waals surface area contributed by atoms with E-state index in [-0.39, 0.29) is 11.6 Å². The summed E-state index contributed by atoms with van der Waals surface area (Å²) in [6.45, 7) is 4.71. The molecule has 4 bridgehead atoms. The highest BCUT2D eigenvalue weighted by atomic mass is 16.2. The standard InChI is InChI=1S/C27H32N4O/c1-17-25(28-26(32)29-27-13-19-10-20(14-27)12-21(11-19)15-27)18(2)31(30-17)16-23-8-5-7-22-6-3-4-9-24(22)23/h3-9,19-21H,10-16H2,1-2H3,(H2,28,29,32). The fraction of sp³-hybridized carbons (Fsp3) is 0.481. The molecule has 0 atom stereocenters. The molecule has 4 saturated carbocycles. The topological polar surface area (TPSA) is 59.0 Å². The monoisotopic (exact) mass is 428 g/mol. The van der Waals surface area contributed by atoms with Crippen LogP contribution in [0.25, 0.3) is 10.8 Å². The summed E-state index contributed by atoms with van der Waals surface area (Å²) in [4.78, 5) is 13.1. The number of fused-ring (bicyclic) bond motifs is 1. The number of amides is 2. The molecule has 166 valence electrons. The highest BCUT2D eigenvalue weighted by Gasteiger charge is 2.51. The fourth-order valence-electron chi connectivity index (χ4n) is 7.27. The molecule has 0 aliphatic heterocycles. The van der Waals surface area contributed by atoms with Crippen molar-refractivity contribution in [3.05, 3.63) is 59.4 Å². The Morgan fingerprint density at radius 3 is 2.38 bits per heavy atom. The molecule has 5 heteroatoms. The van der Waals surface area contributed by atoms with E-state index in [1.807, 2.05) is 18.5 Å². The number of nitrogens with zero attached hydrogens (tertiary/aromatic N) is 2. The van der Waals surface area contributed by atoms with Crippen molar-refractivity contribution in [1.82, 2.24) is 15.1 Å². The summed E-state index contributed by atoms with van der Waals surface area (Å²) in [5.41, 5.74) is 3.95. The van der Waals surface area contributed by atoms with Gasteiger partial charge in [-0.05, 0) is 86.5 Å². The molecule has 1 aromatic heterocycles. The lowest BCUT2D eigenvalue weighted by molar-refractivity contribution is -0.0127. The number of nitrogens with one attached hydrogen (secondary N) is 2. The van der Waals surface area contributed by atoms with Crippen LogP contribution in [0.2, 0.25) is 0 Å². The highest BCUT2D eigenvalue weighted by molar-refractivity contribution is 5.91. The zero-order valence-corrected chi connectivity index (χ0v) is 19.0. The Hall–Kier alpha value is -2.82. The fourth-order valence-corrected chi connectivity index (χ4v) is 7.27. The molecule has 4 aliphatic carbocycles. The molecule has 0 unspecified atom stereocenters. The van der Waals surface area contributed by atoms with Gasteiger partial charge < -0.3 is 10.6 Å². The molecule has 4 aliphatic rings. The van der Waals surface area contributed by atoms with Gasteiger partial charge >= 0.3 is 6.03 Å². The van der Waals surface area contributed by atoms with Crippen LogP contribution in [0.5, 0.6) is 0 Å². The van der Waals surface area contributed by atoms with Crippen LogP contribution in [0.1, 0.15) is 55.5 Å². The Balaban J connectivity index is 1.20. The Bertz CT molecular complexity index is 1150. The maximum Gasteiger partial charge on any atom is 0.319 e. The number of aromatic nitrogens is 2. The van der Waals surface area contributed by atoms with Gasteiger partial charge in [0.2, 0.25) is 0 Å². The molecule has 1 heterocycles. The van der Waals surface area contributed by atoms with E-state index in [0.717, 1.165) is 54.1 Å². The van der Waals surface area contributed by atoms with Crippen LogP contribution in [0.3, 0.4) is 0 Å². The van der Waals surface area contributed by atoms with Crippen LogP contribution in [0.4, 0.5) is 10.5 Å². The third-order valence-electron chi connectivity index (χ3n) is 8.24. The molecule has 2 amide bonds. The van der Waals surface area contributed by atoms with Crippen molar-refractivity contribution in [3.8, 4) is 0 Å². The van der Waals surface area contributed by atoms with Gasteiger partial charge in [0.25, 0.3) is 0 Å². The van der Waals surface area contributed by atoms with E-state index >= 15 is 0 Å². The van der Waals surface area contributed by atoms with E-state index in [4.69, 9.17) is 5.10 Å². The number of anilines is 1. The third kappa shape index (κ3) is 3.39. The highest BCUT2D eigenvalue weighted by Crippen LogP contribution is 2.55. The predicted octanol–water partition coefficient (Wildman–Crippen LogP) is 5.79. The minimum Gasteiger partial charge on any atom is -0.332 e. The first-order chi connectivity index (χ1) is 15.5. The van der Waals surface area contributed by atoms with E-state index < -0.39 is 0 Å². The first-order valence-corrected chi connectivity index (χ1v) is 12.1. The summed E-state index contributed by atoms with van der Waals surface area (Å²) >= 11 is 0. The van der Waals surface area contributed by atoms with E-state index in [0.29, 0.717) is 6.54 Å². The van der Waals surface area contributed by atoms with E-state index in [1.54, 1.807) is 0 Å². The number of aryl methyl sites for hydroxylation is 1. The average Bonchev–Trinajstić information content (AvgIpc) is 3.00. The summed E-state index contributed by atoms with van der Waals surface area (Å²) in [6.07, 6.45) is 7.60. The van der Waals surface area contributed by atoms with Crippen molar-refractivity contribution in [2.75, 3.05) is 5.32 Å². The SMILES string of the molecule is Cc1nn(Cc2cccc3ccccc23)c(C)c1NC(=O)NC12CC3CC(CC(C3)C1)C2. The van der Waals surface area contributed by atoms with Gasteiger partial charge in [0.05, 0.1) is 23.6 Å². The summed E-state index contributed by atoms with van der Waals surface area (Å²) < 4.78 is 2.01. The molecule has 5 nitrogen and oxygen atoms in total. The second-order valence-corrected chi connectivity index (χ2v) is 10.6. The lowest BCUT2D eigenvalue weighted by Gasteiger charge is -2.56. The number of benzene rings is 2. The molecule has 4 fully saturated rings. The van der Waals surface area contributed by atoms with Crippen molar-refractivity contribution in [1.29, 1.82) is 0 Å². The Morgan fingerprint density at radius 2 is 1.66 bits per heavy atom. The molecule has 2 aromatic carbocycles. The van der Waals surface area contributed by atoms with Gasteiger partial charge in [0.15, 0.2) is 0 Å². The molecule has 2 N–H and O–H groups in total. The molecule has 32 heavy (non-hydrogen) atoms. The van der Waals surface area contributed by atoms with Crippen LogP contribution >= 0.6 is 0 Å². The number of rotatable bonds is 4. The predicted molar refractivity (Wildman–Crippen MR) is 128 cm³/mol. The second-order valence-electron chi connectivity index (χ2n) is 10.6. The molecule has 0 spiro atoms. The molecule has 0 saturated heterocycles. The Kier molecular flexibility index (Phi) is 4.56. The van der Waals surface area contributed by atoms with Crippen LogP contribution in [0, 0.1) is 31.6 Å². The number of carbonyl (C=O) groups excluding carboxylic acids is 1. The van der Waals surface area contributed by atoms with Crippen molar-refractivity contribution < 1.29 is 4.79 Å². The zero-order valence-electron chi connectivity index (χ0n) is 19.0.